The first kappa shape index (κ1) is 17.0. The summed E-state index contributed by atoms with van der Waals surface area (Å²) in [7, 11) is 0. The quantitative estimate of drug-likeness (QED) is 0.544. The zero-order valence-electron chi connectivity index (χ0n) is 13.0. The molecule has 2 aromatic rings. The highest BCUT2D eigenvalue weighted by Crippen LogP contribution is 2.37. The fourth-order valence-electron chi connectivity index (χ4n) is 2.68. The molecule has 0 fully saturated rings. The van der Waals surface area contributed by atoms with Crippen LogP contribution in [0.2, 0.25) is 5.02 Å². The number of halogens is 2. The fourth-order valence-corrected chi connectivity index (χ4v) is 3.59. The van der Waals surface area contributed by atoms with E-state index in [1.165, 1.54) is 4.90 Å². The Labute approximate surface area is 153 Å². The molecule has 0 atom stereocenters. The number of carbonyl (C=O) groups is 2. The van der Waals surface area contributed by atoms with Crippen molar-refractivity contribution in [2.45, 2.75) is 13.3 Å². The van der Waals surface area contributed by atoms with Crippen molar-refractivity contribution in [3.05, 3.63) is 57.0 Å². The molecule has 1 heterocycles. The van der Waals surface area contributed by atoms with Crippen molar-refractivity contribution in [2.24, 2.45) is 0 Å². The Kier molecular flexibility index (Phi) is 4.92. The van der Waals surface area contributed by atoms with Gasteiger partial charge in [0.15, 0.2) is 0 Å². The van der Waals surface area contributed by atoms with Gasteiger partial charge in [-0.2, -0.15) is 0 Å². The Bertz CT molecular complexity index is 805. The van der Waals surface area contributed by atoms with Crippen LogP contribution in [0.25, 0.3) is 0 Å². The van der Waals surface area contributed by atoms with E-state index in [-0.39, 0.29) is 0 Å². The summed E-state index contributed by atoms with van der Waals surface area (Å²) in [5, 5.41) is 0.653. The van der Waals surface area contributed by atoms with Crippen LogP contribution >= 0.6 is 27.5 Å². The Balaban J connectivity index is 1.65. The molecule has 124 valence electrons. The first-order chi connectivity index (χ1) is 11.5. The third-order valence-electron chi connectivity index (χ3n) is 3.77. The Hall–Kier alpha value is -1.85. The van der Waals surface area contributed by atoms with E-state index in [0.29, 0.717) is 35.8 Å². The average Bonchev–Trinajstić information content (AvgIpc) is 2.78. The summed E-state index contributed by atoms with van der Waals surface area (Å²) in [5.74, 6) is -0.212. The van der Waals surface area contributed by atoms with Gasteiger partial charge < -0.3 is 9.64 Å². The molecule has 0 bridgehead atoms. The predicted octanol–water partition coefficient (Wildman–Crippen LogP) is 4.41. The second-order valence-corrected chi connectivity index (χ2v) is 6.88. The average molecular weight is 409 g/mol. The Morgan fingerprint density at radius 1 is 1.17 bits per heavy atom. The number of amides is 1. The lowest BCUT2D eigenvalue weighted by atomic mass is 10.1. The van der Waals surface area contributed by atoms with Crippen LogP contribution in [-0.2, 0) is 4.79 Å². The highest BCUT2D eigenvalue weighted by Gasteiger charge is 2.37. The number of anilines is 1. The van der Waals surface area contributed by atoms with Crippen molar-refractivity contribution >= 4 is 44.9 Å². The number of Topliss-reactive ketones (excluding diaryl/α,β-unsaturated/α-hetero) is 1. The monoisotopic (exact) mass is 407 g/mol. The standard InChI is InChI=1S/C18H15BrClNO3/c1-11-9-14-16(15(19)10-11)21(18(23)17(14)22)7-2-8-24-13-5-3-12(20)4-6-13/h3-6,9-10H,2,7-8H2,1H3. The van der Waals surface area contributed by atoms with Crippen molar-refractivity contribution in [1.82, 2.24) is 0 Å². The number of nitrogens with zero attached hydrogens (tertiary/aromatic N) is 1. The van der Waals surface area contributed by atoms with Crippen molar-refractivity contribution in [2.75, 3.05) is 18.1 Å². The second kappa shape index (κ2) is 6.95. The molecule has 0 N–H and O–H groups in total. The van der Waals surface area contributed by atoms with E-state index in [1.54, 1.807) is 30.3 Å². The zero-order chi connectivity index (χ0) is 17.3. The molecule has 24 heavy (non-hydrogen) atoms. The van der Waals surface area contributed by atoms with Crippen LogP contribution < -0.4 is 9.64 Å². The number of aryl methyl sites for hydroxylation is 1. The molecule has 1 aliphatic heterocycles. The smallest absolute Gasteiger partial charge is 0.299 e. The molecule has 0 aromatic heterocycles. The fraction of sp³-hybridized carbons (Fsp3) is 0.222. The van der Waals surface area contributed by atoms with Gasteiger partial charge in [0, 0.05) is 16.0 Å². The molecular formula is C18H15BrClNO3. The van der Waals surface area contributed by atoms with Crippen LogP contribution in [0.4, 0.5) is 5.69 Å². The summed E-state index contributed by atoms with van der Waals surface area (Å²) in [5.41, 5.74) is 2.06. The van der Waals surface area contributed by atoms with Gasteiger partial charge in [-0.1, -0.05) is 11.6 Å². The lowest BCUT2D eigenvalue weighted by Crippen LogP contribution is -2.31. The van der Waals surface area contributed by atoms with Crippen LogP contribution in [0.5, 0.6) is 5.75 Å². The normalized spacial score (nSPS) is 13.4. The minimum Gasteiger partial charge on any atom is -0.494 e. The minimum atomic E-state index is -0.484. The molecule has 4 nitrogen and oxygen atoms in total. The summed E-state index contributed by atoms with van der Waals surface area (Å²) < 4.78 is 6.39. The van der Waals surface area contributed by atoms with Gasteiger partial charge in [-0.05, 0) is 71.2 Å². The van der Waals surface area contributed by atoms with E-state index >= 15 is 0 Å². The summed E-state index contributed by atoms with van der Waals surface area (Å²) in [4.78, 5) is 25.9. The van der Waals surface area contributed by atoms with Gasteiger partial charge in [-0.15, -0.1) is 0 Å². The zero-order valence-corrected chi connectivity index (χ0v) is 15.4. The van der Waals surface area contributed by atoms with Crippen LogP contribution in [0.3, 0.4) is 0 Å². The maximum atomic E-state index is 12.2. The molecule has 0 radical (unpaired) electrons. The van der Waals surface area contributed by atoms with Crippen molar-refractivity contribution in [3.63, 3.8) is 0 Å². The highest BCUT2D eigenvalue weighted by atomic mass is 79.9. The second-order valence-electron chi connectivity index (χ2n) is 5.58. The summed E-state index contributed by atoms with van der Waals surface area (Å²) in [6.07, 6.45) is 0.613. The largest absolute Gasteiger partial charge is 0.494 e. The van der Waals surface area contributed by atoms with Gasteiger partial charge >= 0.3 is 0 Å². The molecule has 1 amide bonds. The van der Waals surface area contributed by atoms with Crippen LogP contribution in [0, 0.1) is 6.92 Å². The van der Waals surface area contributed by atoms with E-state index in [1.807, 2.05) is 13.0 Å². The van der Waals surface area contributed by atoms with Gasteiger partial charge in [-0.3, -0.25) is 9.59 Å². The number of benzene rings is 2. The molecule has 2 aromatic carbocycles. The lowest BCUT2D eigenvalue weighted by Gasteiger charge is -2.18. The van der Waals surface area contributed by atoms with Gasteiger partial charge in [0.1, 0.15) is 5.75 Å². The van der Waals surface area contributed by atoms with Crippen molar-refractivity contribution in [1.29, 1.82) is 0 Å². The van der Waals surface area contributed by atoms with Crippen LogP contribution in [-0.4, -0.2) is 24.8 Å². The van der Waals surface area contributed by atoms with Gasteiger partial charge in [0.05, 0.1) is 17.9 Å². The highest BCUT2D eigenvalue weighted by molar-refractivity contribution is 9.10. The SMILES string of the molecule is Cc1cc(Br)c2c(c1)C(=O)C(=O)N2CCCOc1ccc(Cl)cc1. The number of ether oxygens (including phenoxy) is 1. The van der Waals surface area contributed by atoms with E-state index in [2.05, 4.69) is 15.9 Å². The summed E-state index contributed by atoms with van der Waals surface area (Å²) in [6, 6.07) is 10.8. The molecule has 3 rings (SSSR count). The van der Waals surface area contributed by atoms with Crippen LogP contribution in [0.1, 0.15) is 22.3 Å². The van der Waals surface area contributed by atoms with E-state index < -0.39 is 11.7 Å². The number of ketones is 1. The van der Waals surface area contributed by atoms with Gasteiger partial charge in [0.2, 0.25) is 0 Å². The molecule has 0 saturated carbocycles. The number of fused-ring (bicyclic) bond motifs is 1. The predicted molar refractivity (Wildman–Crippen MR) is 97.1 cm³/mol. The van der Waals surface area contributed by atoms with Crippen molar-refractivity contribution < 1.29 is 14.3 Å². The van der Waals surface area contributed by atoms with E-state index in [0.717, 1.165) is 15.8 Å². The third-order valence-corrected chi connectivity index (χ3v) is 4.63. The topological polar surface area (TPSA) is 46.6 Å². The summed E-state index contributed by atoms with van der Waals surface area (Å²) >= 11 is 9.28. The number of hydrogen-bond donors (Lipinski definition) is 0. The molecular weight excluding hydrogens is 394 g/mol. The van der Waals surface area contributed by atoms with E-state index in [9.17, 15) is 9.59 Å². The molecule has 0 saturated heterocycles. The molecule has 0 spiro atoms. The number of hydrogen-bond acceptors (Lipinski definition) is 3. The first-order valence-electron chi connectivity index (χ1n) is 7.52. The third kappa shape index (κ3) is 3.32. The van der Waals surface area contributed by atoms with Gasteiger partial charge in [-0.25, -0.2) is 0 Å². The van der Waals surface area contributed by atoms with Crippen LogP contribution in [0.15, 0.2) is 40.9 Å². The lowest BCUT2D eigenvalue weighted by molar-refractivity contribution is -0.114. The van der Waals surface area contributed by atoms with Crippen molar-refractivity contribution in [3.8, 4) is 5.75 Å². The minimum absolute atomic E-state index is 0.423. The molecule has 0 aliphatic carbocycles. The van der Waals surface area contributed by atoms with E-state index in [4.69, 9.17) is 16.3 Å². The Morgan fingerprint density at radius 3 is 2.58 bits per heavy atom. The maximum Gasteiger partial charge on any atom is 0.299 e. The Morgan fingerprint density at radius 2 is 1.88 bits per heavy atom. The number of carbonyl (C=O) groups excluding carboxylic acids is 2. The molecule has 1 aliphatic rings. The molecule has 6 heteroatoms. The number of rotatable bonds is 5. The maximum absolute atomic E-state index is 12.2. The van der Waals surface area contributed by atoms with Gasteiger partial charge in [0.25, 0.3) is 11.7 Å². The first-order valence-corrected chi connectivity index (χ1v) is 8.69. The summed E-state index contributed by atoms with van der Waals surface area (Å²) in [6.45, 7) is 2.76. The molecule has 0 unspecified atom stereocenters.